The average Bonchev–Trinajstić information content (AvgIpc) is 2.55. The molecule has 0 aromatic heterocycles. The first kappa shape index (κ1) is 19.2. The number of hydrogen-bond acceptors (Lipinski definition) is 6. The Morgan fingerprint density at radius 1 is 1.20 bits per heavy atom. The first-order chi connectivity index (χ1) is 11.7. The summed E-state index contributed by atoms with van der Waals surface area (Å²) in [7, 11) is -0.486. The standard InChI is InChI=1S/C15H15N3O4S3/c1-17(2)15(23)24-14-9-8-12(10-13(14)18(19)20)25(21,22)16-11-6-4-3-5-7-11/h3-10,16H,1-2H3. The van der Waals surface area contributed by atoms with Crippen molar-refractivity contribution in [1.29, 1.82) is 0 Å². The van der Waals surface area contributed by atoms with Crippen molar-refractivity contribution in [3.63, 3.8) is 0 Å². The summed E-state index contributed by atoms with van der Waals surface area (Å²) in [5.41, 5.74) is 0.0579. The highest BCUT2D eigenvalue weighted by Gasteiger charge is 2.23. The fourth-order valence-corrected chi connectivity index (χ4v) is 3.89. The number of anilines is 1. The summed E-state index contributed by atoms with van der Waals surface area (Å²) in [5, 5.41) is 11.3. The summed E-state index contributed by atoms with van der Waals surface area (Å²) in [6.45, 7) is 0. The second-order valence-electron chi connectivity index (χ2n) is 5.12. The molecule has 0 amide bonds. The maximum Gasteiger partial charge on any atom is 0.284 e. The lowest BCUT2D eigenvalue weighted by Crippen LogP contribution is -2.16. The number of benzene rings is 2. The van der Waals surface area contributed by atoms with E-state index in [9.17, 15) is 18.5 Å². The lowest BCUT2D eigenvalue weighted by Gasteiger charge is -2.13. The van der Waals surface area contributed by atoms with E-state index in [1.165, 1.54) is 12.1 Å². The van der Waals surface area contributed by atoms with Crippen molar-refractivity contribution >= 4 is 49.7 Å². The van der Waals surface area contributed by atoms with E-state index in [-0.39, 0.29) is 15.5 Å². The predicted molar refractivity (Wildman–Crippen MR) is 102 cm³/mol. The molecule has 0 aliphatic rings. The molecule has 2 rings (SSSR count). The summed E-state index contributed by atoms with van der Waals surface area (Å²) in [6.07, 6.45) is 0. The average molecular weight is 398 g/mol. The Morgan fingerprint density at radius 3 is 2.40 bits per heavy atom. The molecule has 0 unspecified atom stereocenters. The van der Waals surface area contributed by atoms with Gasteiger partial charge in [-0.2, -0.15) is 0 Å². The molecular weight excluding hydrogens is 382 g/mol. The van der Waals surface area contributed by atoms with Gasteiger partial charge in [0.25, 0.3) is 15.7 Å². The SMILES string of the molecule is CN(C)C(=S)Sc1ccc(S(=O)(=O)Nc2ccccc2)cc1[N+](=O)[O-]. The third-order valence-corrected chi connectivity index (χ3v) is 6.12. The van der Waals surface area contributed by atoms with Gasteiger partial charge in [-0.3, -0.25) is 14.8 Å². The van der Waals surface area contributed by atoms with Crippen LogP contribution in [0.15, 0.2) is 58.3 Å². The molecule has 0 atom stereocenters. The van der Waals surface area contributed by atoms with Crippen LogP contribution in [-0.4, -0.2) is 36.7 Å². The largest absolute Gasteiger partial charge is 0.363 e. The molecule has 0 radical (unpaired) electrons. The van der Waals surface area contributed by atoms with Crippen molar-refractivity contribution in [2.75, 3.05) is 18.8 Å². The molecule has 7 nitrogen and oxygen atoms in total. The molecule has 0 aliphatic carbocycles. The van der Waals surface area contributed by atoms with Crippen LogP contribution in [-0.2, 0) is 10.0 Å². The normalized spacial score (nSPS) is 11.0. The molecule has 132 valence electrons. The zero-order valence-electron chi connectivity index (χ0n) is 13.4. The topological polar surface area (TPSA) is 92.6 Å². The highest BCUT2D eigenvalue weighted by atomic mass is 32.2. The third-order valence-electron chi connectivity index (χ3n) is 3.03. The van der Waals surface area contributed by atoms with Gasteiger partial charge in [0.1, 0.15) is 4.32 Å². The summed E-state index contributed by atoms with van der Waals surface area (Å²) >= 11 is 6.17. The number of hydrogen-bond donors (Lipinski definition) is 1. The monoisotopic (exact) mass is 397 g/mol. The zero-order chi connectivity index (χ0) is 18.6. The Labute approximate surface area is 155 Å². The lowest BCUT2D eigenvalue weighted by molar-refractivity contribution is -0.387. The van der Waals surface area contributed by atoms with Gasteiger partial charge in [0, 0.05) is 25.8 Å². The van der Waals surface area contributed by atoms with Crippen molar-refractivity contribution in [2.45, 2.75) is 9.79 Å². The van der Waals surface area contributed by atoms with Gasteiger partial charge >= 0.3 is 0 Å². The zero-order valence-corrected chi connectivity index (χ0v) is 15.8. The molecule has 25 heavy (non-hydrogen) atoms. The number of sulfonamides is 1. The van der Waals surface area contributed by atoms with Gasteiger partial charge in [0.15, 0.2) is 0 Å². The number of thiocarbonyl (C=S) groups is 1. The smallest absolute Gasteiger partial charge is 0.284 e. The first-order valence-electron chi connectivity index (χ1n) is 6.96. The molecule has 0 spiro atoms. The van der Waals surface area contributed by atoms with Crippen LogP contribution in [0.4, 0.5) is 11.4 Å². The molecule has 0 saturated carbocycles. The Hall–Kier alpha value is -2.17. The van der Waals surface area contributed by atoms with Crippen LogP contribution < -0.4 is 4.72 Å². The van der Waals surface area contributed by atoms with Crippen LogP contribution in [0, 0.1) is 10.1 Å². The van der Waals surface area contributed by atoms with Crippen molar-refractivity contribution in [3.05, 3.63) is 58.6 Å². The number of nitro groups is 1. The number of thioether (sulfide) groups is 1. The second kappa shape index (κ2) is 7.81. The maximum atomic E-state index is 12.4. The summed E-state index contributed by atoms with van der Waals surface area (Å²) in [6, 6.07) is 12.0. The summed E-state index contributed by atoms with van der Waals surface area (Å²) in [5.74, 6) is 0. The van der Waals surface area contributed by atoms with Crippen LogP contribution >= 0.6 is 24.0 Å². The minimum absolute atomic E-state index is 0.192. The van der Waals surface area contributed by atoms with Gasteiger partial charge < -0.3 is 4.90 Å². The molecule has 1 N–H and O–H groups in total. The third kappa shape index (κ3) is 4.91. The molecule has 0 bridgehead atoms. The first-order valence-corrected chi connectivity index (χ1v) is 9.67. The predicted octanol–water partition coefficient (Wildman–Crippen LogP) is 3.33. The number of rotatable bonds is 5. The Bertz CT molecular complexity index is 899. The van der Waals surface area contributed by atoms with Gasteiger partial charge in [-0.1, -0.05) is 42.2 Å². The Balaban J connectivity index is 2.38. The van der Waals surface area contributed by atoms with Crippen LogP contribution in [0.3, 0.4) is 0 Å². The fraction of sp³-hybridized carbons (Fsp3) is 0.133. The van der Waals surface area contributed by atoms with Gasteiger partial charge in [-0.25, -0.2) is 8.42 Å². The van der Waals surface area contributed by atoms with E-state index in [2.05, 4.69) is 4.72 Å². The fourth-order valence-electron chi connectivity index (χ4n) is 1.80. The van der Waals surface area contributed by atoms with Gasteiger partial charge in [-0.05, 0) is 24.3 Å². The van der Waals surface area contributed by atoms with Crippen LogP contribution in [0.25, 0.3) is 0 Å². The maximum absolute atomic E-state index is 12.4. The highest BCUT2D eigenvalue weighted by molar-refractivity contribution is 8.23. The van der Waals surface area contributed by atoms with Crippen LogP contribution in [0.1, 0.15) is 0 Å². The number of nitrogens with zero attached hydrogens (tertiary/aromatic N) is 2. The molecule has 0 fully saturated rings. The highest BCUT2D eigenvalue weighted by Crippen LogP contribution is 2.33. The van der Waals surface area contributed by atoms with E-state index in [0.29, 0.717) is 10.0 Å². The van der Waals surface area contributed by atoms with Crippen molar-refractivity contribution in [1.82, 2.24) is 4.90 Å². The molecular formula is C15H15N3O4S3. The molecule has 2 aromatic rings. The van der Waals surface area contributed by atoms with Crippen molar-refractivity contribution in [2.24, 2.45) is 0 Å². The van der Waals surface area contributed by atoms with Gasteiger partial charge in [0.05, 0.1) is 14.7 Å². The molecule has 2 aromatic carbocycles. The summed E-state index contributed by atoms with van der Waals surface area (Å²) in [4.78, 5) is 12.4. The van der Waals surface area contributed by atoms with E-state index in [1.54, 1.807) is 49.3 Å². The van der Waals surface area contributed by atoms with E-state index >= 15 is 0 Å². The van der Waals surface area contributed by atoms with Gasteiger partial charge in [-0.15, -0.1) is 0 Å². The van der Waals surface area contributed by atoms with E-state index in [0.717, 1.165) is 17.8 Å². The minimum atomic E-state index is -3.94. The van der Waals surface area contributed by atoms with Crippen molar-refractivity contribution < 1.29 is 13.3 Å². The van der Waals surface area contributed by atoms with E-state index < -0.39 is 14.9 Å². The number of nitro benzene ring substituents is 1. The quantitative estimate of drug-likeness (QED) is 0.358. The Morgan fingerprint density at radius 2 is 1.84 bits per heavy atom. The molecule has 0 heterocycles. The molecule has 0 saturated heterocycles. The summed E-state index contributed by atoms with van der Waals surface area (Å²) < 4.78 is 27.7. The molecule has 10 heteroatoms. The van der Waals surface area contributed by atoms with E-state index in [4.69, 9.17) is 12.2 Å². The van der Waals surface area contributed by atoms with Crippen LogP contribution in [0.2, 0.25) is 0 Å². The lowest BCUT2D eigenvalue weighted by atomic mass is 10.3. The number of nitrogens with one attached hydrogen (secondary N) is 1. The Kier molecular flexibility index (Phi) is 5.98. The van der Waals surface area contributed by atoms with E-state index in [1.807, 2.05) is 0 Å². The van der Waals surface area contributed by atoms with Gasteiger partial charge in [0.2, 0.25) is 0 Å². The minimum Gasteiger partial charge on any atom is -0.363 e. The van der Waals surface area contributed by atoms with Crippen LogP contribution in [0.5, 0.6) is 0 Å². The molecule has 0 aliphatic heterocycles. The number of para-hydroxylation sites is 1. The van der Waals surface area contributed by atoms with Crippen molar-refractivity contribution in [3.8, 4) is 0 Å². The second-order valence-corrected chi connectivity index (χ2v) is 8.48.